The van der Waals surface area contributed by atoms with Crippen LogP contribution in [0.3, 0.4) is 0 Å². The van der Waals surface area contributed by atoms with E-state index in [1.165, 1.54) is 6.07 Å². The number of benzene rings is 1. The van der Waals surface area contributed by atoms with Gasteiger partial charge in [0.15, 0.2) is 5.96 Å². The summed E-state index contributed by atoms with van der Waals surface area (Å²) >= 11 is 11.8. The highest BCUT2D eigenvalue weighted by atomic mass is 35.5. The fourth-order valence-electron chi connectivity index (χ4n) is 1.89. The van der Waals surface area contributed by atoms with Gasteiger partial charge in [0.25, 0.3) is 0 Å². The first-order valence-electron chi connectivity index (χ1n) is 6.28. The number of aryl methyl sites for hydroxylation is 1. The first-order chi connectivity index (χ1) is 9.97. The molecule has 0 aliphatic carbocycles. The van der Waals surface area contributed by atoms with E-state index < -0.39 is 0 Å². The van der Waals surface area contributed by atoms with Gasteiger partial charge in [-0.15, -0.1) is 0 Å². The van der Waals surface area contributed by atoms with Crippen LogP contribution in [0.25, 0.3) is 11.3 Å². The summed E-state index contributed by atoms with van der Waals surface area (Å²) in [7, 11) is 0. The van der Waals surface area contributed by atoms with Crippen LogP contribution in [0.4, 0.5) is 0 Å². The Bertz CT molecular complexity index is 656. The van der Waals surface area contributed by atoms with Crippen molar-refractivity contribution in [2.75, 3.05) is 6.54 Å². The molecule has 0 fully saturated rings. The van der Waals surface area contributed by atoms with Crippen LogP contribution in [-0.4, -0.2) is 27.8 Å². The zero-order valence-corrected chi connectivity index (χ0v) is 12.6. The van der Waals surface area contributed by atoms with E-state index in [2.05, 4.69) is 15.5 Å². The van der Waals surface area contributed by atoms with Crippen LogP contribution in [0.2, 0.25) is 10.0 Å². The second kappa shape index (κ2) is 6.69. The quantitative estimate of drug-likeness (QED) is 0.330. The van der Waals surface area contributed by atoms with Crippen LogP contribution < -0.4 is 11.1 Å². The molecule has 0 bridgehead atoms. The Balaban J connectivity index is 2.08. The largest absolute Gasteiger partial charge is 0.506 e. The highest BCUT2D eigenvalue weighted by Crippen LogP contribution is 2.37. The third-order valence-corrected chi connectivity index (χ3v) is 3.38. The second-order valence-corrected chi connectivity index (χ2v) is 5.34. The van der Waals surface area contributed by atoms with Gasteiger partial charge in [0, 0.05) is 17.1 Å². The molecule has 6 N–H and O–H groups in total. The summed E-state index contributed by atoms with van der Waals surface area (Å²) in [6.07, 6.45) is 1.50. The molecule has 0 amide bonds. The molecule has 2 rings (SSSR count). The van der Waals surface area contributed by atoms with E-state index in [9.17, 15) is 5.11 Å². The molecule has 6 nitrogen and oxygen atoms in total. The van der Waals surface area contributed by atoms with Crippen LogP contribution in [0.15, 0.2) is 18.2 Å². The van der Waals surface area contributed by atoms with Crippen LogP contribution in [0, 0.1) is 5.41 Å². The number of hydrogen-bond donors (Lipinski definition) is 5. The summed E-state index contributed by atoms with van der Waals surface area (Å²) < 4.78 is 0. The third kappa shape index (κ3) is 4.03. The molecule has 1 aromatic heterocycles. The van der Waals surface area contributed by atoms with Gasteiger partial charge in [-0.25, -0.2) is 0 Å². The number of H-pyrrole nitrogens is 1. The van der Waals surface area contributed by atoms with Gasteiger partial charge in [0.1, 0.15) is 5.75 Å². The topological polar surface area (TPSA) is 111 Å². The monoisotopic (exact) mass is 327 g/mol. The normalized spacial score (nSPS) is 10.6. The number of halogens is 2. The molecule has 8 heteroatoms. The Hall–Kier alpha value is -1.92. The predicted octanol–water partition coefficient (Wildman–Crippen LogP) is 2.50. The predicted molar refractivity (Wildman–Crippen MR) is 83.9 cm³/mol. The fraction of sp³-hybridized carbons (Fsp3) is 0.231. The number of nitrogens with zero attached hydrogens (tertiary/aromatic N) is 1. The first-order valence-corrected chi connectivity index (χ1v) is 7.03. The molecule has 0 aliphatic rings. The molecule has 0 saturated heterocycles. The van der Waals surface area contributed by atoms with Crippen molar-refractivity contribution >= 4 is 29.2 Å². The zero-order valence-electron chi connectivity index (χ0n) is 11.1. The number of nitrogens with one attached hydrogen (secondary N) is 3. The standard InChI is InChI=1S/C13H15Cl2N5O/c14-7-4-9(12(21)10(15)5-7)11-6-8(19-20-11)2-1-3-18-13(16)17/h4-6,21H,1-3H2,(H,19,20)(H4,16,17,18). The van der Waals surface area contributed by atoms with Gasteiger partial charge in [0.05, 0.1) is 16.4 Å². The van der Waals surface area contributed by atoms with Gasteiger partial charge >= 0.3 is 0 Å². The van der Waals surface area contributed by atoms with Crippen LogP contribution in [0.5, 0.6) is 5.75 Å². The highest BCUT2D eigenvalue weighted by molar-refractivity contribution is 6.36. The number of aromatic nitrogens is 2. The van der Waals surface area contributed by atoms with Crippen molar-refractivity contribution in [3.8, 4) is 17.0 Å². The van der Waals surface area contributed by atoms with E-state index in [0.717, 1.165) is 12.1 Å². The molecule has 1 heterocycles. The molecule has 2 aromatic rings. The fourth-order valence-corrected chi connectivity index (χ4v) is 2.39. The zero-order chi connectivity index (χ0) is 15.4. The smallest absolute Gasteiger partial charge is 0.185 e. The lowest BCUT2D eigenvalue weighted by Crippen LogP contribution is -2.31. The summed E-state index contributed by atoms with van der Waals surface area (Å²) in [5.74, 6) is -0.0780. The lowest BCUT2D eigenvalue weighted by molar-refractivity contribution is 0.477. The lowest BCUT2D eigenvalue weighted by Gasteiger charge is -2.04. The van der Waals surface area contributed by atoms with E-state index >= 15 is 0 Å². The number of guanidine groups is 1. The molecule has 0 saturated carbocycles. The van der Waals surface area contributed by atoms with Gasteiger partial charge in [-0.3, -0.25) is 10.5 Å². The third-order valence-electron chi connectivity index (χ3n) is 2.87. The minimum Gasteiger partial charge on any atom is -0.506 e. The molecule has 0 spiro atoms. The van der Waals surface area contributed by atoms with E-state index in [-0.39, 0.29) is 16.7 Å². The SMILES string of the molecule is N=C(N)NCCCc1cc(-c2cc(Cl)cc(Cl)c2O)[nH]n1. The van der Waals surface area contributed by atoms with Crippen LogP contribution in [0.1, 0.15) is 12.1 Å². The average Bonchev–Trinajstić information content (AvgIpc) is 2.87. The van der Waals surface area contributed by atoms with Crippen molar-refractivity contribution in [2.24, 2.45) is 5.73 Å². The van der Waals surface area contributed by atoms with Crippen molar-refractivity contribution < 1.29 is 5.11 Å². The average molecular weight is 328 g/mol. The van der Waals surface area contributed by atoms with E-state index in [0.29, 0.717) is 29.2 Å². The summed E-state index contributed by atoms with van der Waals surface area (Å²) in [6.45, 7) is 0.603. The van der Waals surface area contributed by atoms with Crippen LogP contribution >= 0.6 is 23.2 Å². The van der Waals surface area contributed by atoms with Crippen LogP contribution in [-0.2, 0) is 6.42 Å². The number of rotatable bonds is 5. The first kappa shape index (κ1) is 15.5. The van der Waals surface area contributed by atoms with Gasteiger partial charge in [-0.2, -0.15) is 5.10 Å². The van der Waals surface area contributed by atoms with Crippen molar-refractivity contribution in [2.45, 2.75) is 12.8 Å². The summed E-state index contributed by atoms with van der Waals surface area (Å²) in [5.41, 5.74) is 7.19. The molecule has 0 radical (unpaired) electrons. The molecule has 0 aliphatic heterocycles. The Labute approximate surface area is 131 Å². The van der Waals surface area contributed by atoms with Crippen molar-refractivity contribution in [1.29, 1.82) is 5.41 Å². The number of hydrogen-bond acceptors (Lipinski definition) is 3. The number of phenolic OH excluding ortho intramolecular Hbond substituents is 1. The highest BCUT2D eigenvalue weighted by Gasteiger charge is 2.12. The number of nitrogens with two attached hydrogens (primary N) is 1. The van der Waals surface area contributed by atoms with Gasteiger partial charge < -0.3 is 16.2 Å². The molecule has 0 unspecified atom stereocenters. The summed E-state index contributed by atoms with van der Waals surface area (Å²) in [5, 5.41) is 27.4. The van der Waals surface area contributed by atoms with E-state index in [1.807, 2.05) is 6.07 Å². The Morgan fingerprint density at radius 3 is 2.86 bits per heavy atom. The molecular formula is C13H15Cl2N5O. The second-order valence-electron chi connectivity index (χ2n) is 4.50. The molecular weight excluding hydrogens is 313 g/mol. The summed E-state index contributed by atoms with van der Waals surface area (Å²) in [4.78, 5) is 0. The van der Waals surface area contributed by atoms with Gasteiger partial charge in [0.2, 0.25) is 0 Å². The van der Waals surface area contributed by atoms with Crippen molar-refractivity contribution in [3.63, 3.8) is 0 Å². The Morgan fingerprint density at radius 1 is 1.38 bits per heavy atom. The molecule has 1 aromatic carbocycles. The van der Waals surface area contributed by atoms with E-state index in [1.54, 1.807) is 6.07 Å². The summed E-state index contributed by atoms with van der Waals surface area (Å²) in [6, 6.07) is 4.93. The molecule has 0 atom stereocenters. The Kier molecular flexibility index (Phi) is 4.93. The van der Waals surface area contributed by atoms with Crippen molar-refractivity contribution in [1.82, 2.24) is 15.5 Å². The van der Waals surface area contributed by atoms with Gasteiger partial charge in [-0.1, -0.05) is 23.2 Å². The maximum atomic E-state index is 9.97. The molecule has 112 valence electrons. The maximum Gasteiger partial charge on any atom is 0.185 e. The van der Waals surface area contributed by atoms with Gasteiger partial charge in [-0.05, 0) is 31.0 Å². The van der Waals surface area contributed by atoms with Crippen molar-refractivity contribution in [3.05, 3.63) is 33.9 Å². The molecule has 21 heavy (non-hydrogen) atoms. The number of phenols is 1. The van der Waals surface area contributed by atoms with E-state index in [4.69, 9.17) is 34.3 Å². The Morgan fingerprint density at radius 2 is 2.14 bits per heavy atom. The lowest BCUT2D eigenvalue weighted by atomic mass is 10.1. The minimum atomic E-state index is -0.0452. The number of aromatic amines is 1. The maximum absolute atomic E-state index is 9.97. The minimum absolute atomic E-state index is 0.0329. The number of aromatic hydroxyl groups is 1.